The van der Waals surface area contributed by atoms with Crippen molar-refractivity contribution in [2.45, 2.75) is 19.8 Å². The second kappa shape index (κ2) is 8.23. The predicted octanol–water partition coefficient (Wildman–Crippen LogP) is 4.90. The van der Waals surface area contributed by atoms with Crippen molar-refractivity contribution in [3.8, 4) is 0 Å². The summed E-state index contributed by atoms with van der Waals surface area (Å²) < 4.78 is 0. The number of benzene rings is 2. The van der Waals surface area contributed by atoms with Crippen LogP contribution in [-0.4, -0.2) is 11.0 Å². The van der Waals surface area contributed by atoms with Crippen LogP contribution in [0.4, 0.5) is 0 Å². The van der Waals surface area contributed by atoms with Crippen LogP contribution in [0.25, 0.3) is 5.70 Å². The first-order chi connectivity index (χ1) is 11.0. The zero-order valence-electron chi connectivity index (χ0n) is 13.1. The van der Waals surface area contributed by atoms with Crippen LogP contribution in [0.15, 0.2) is 42.2 Å². The van der Waals surface area contributed by atoms with Gasteiger partial charge in [-0.15, -0.1) is 0 Å². The van der Waals surface area contributed by atoms with Gasteiger partial charge in [-0.05, 0) is 43.2 Å². The maximum Gasteiger partial charge on any atom is 0.255 e. The van der Waals surface area contributed by atoms with Crippen molar-refractivity contribution in [2.75, 3.05) is 0 Å². The summed E-state index contributed by atoms with van der Waals surface area (Å²) >= 11 is 11.8. The fourth-order valence-electron chi connectivity index (χ4n) is 2.64. The topological polar surface area (TPSA) is 49.3 Å². The van der Waals surface area contributed by atoms with Crippen LogP contribution < -0.4 is 5.32 Å². The largest absolute Gasteiger partial charge is 0.510 e. The molecule has 6 heteroatoms. The molecule has 0 spiro atoms. The first kappa shape index (κ1) is 19.8. The van der Waals surface area contributed by atoms with E-state index in [1.54, 1.807) is 12.1 Å². The van der Waals surface area contributed by atoms with Gasteiger partial charge in [0, 0.05) is 61.6 Å². The molecule has 0 bridgehead atoms. The van der Waals surface area contributed by atoms with Gasteiger partial charge in [0.1, 0.15) is 5.76 Å². The fraction of sp³-hybridized carbons (Fsp3) is 0.167. The summed E-state index contributed by atoms with van der Waals surface area (Å²) in [6, 6.07) is 10.7. The van der Waals surface area contributed by atoms with Crippen molar-refractivity contribution in [2.24, 2.45) is 0 Å². The Balaban J connectivity index is 0.00000208. The normalized spacial score (nSPS) is 13.1. The summed E-state index contributed by atoms with van der Waals surface area (Å²) in [5.41, 5.74) is 3.89. The zero-order valence-corrected chi connectivity index (χ0v) is 19.3. The minimum absolute atomic E-state index is 0. The SMILES string of the molecule is Cc1ccc2c(c1)C(NC(=O)c1ccc(Cl)c(Cl)c1)=C(O)CC2.[Ac]. The summed E-state index contributed by atoms with van der Waals surface area (Å²) in [4.78, 5) is 12.5. The quantitative estimate of drug-likeness (QED) is 0.536. The number of halogens is 2. The molecule has 2 aromatic carbocycles. The number of hydrogen-bond acceptors (Lipinski definition) is 2. The van der Waals surface area contributed by atoms with E-state index in [-0.39, 0.29) is 55.7 Å². The molecule has 1 radical (unpaired) electrons. The first-order valence-corrected chi connectivity index (χ1v) is 7.99. The third kappa shape index (κ3) is 4.17. The number of aryl methyl sites for hydroxylation is 2. The van der Waals surface area contributed by atoms with Crippen LogP contribution in [-0.2, 0) is 6.42 Å². The van der Waals surface area contributed by atoms with Gasteiger partial charge < -0.3 is 10.4 Å². The van der Waals surface area contributed by atoms with Crippen molar-refractivity contribution < 1.29 is 54.0 Å². The number of rotatable bonds is 2. The minimum Gasteiger partial charge on any atom is -0.510 e. The van der Waals surface area contributed by atoms with E-state index in [2.05, 4.69) is 5.32 Å². The first-order valence-electron chi connectivity index (χ1n) is 7.24. The third-order valence-corrected chi connectivity index (χ3v) is 4.61. The molecule has 2 aromatic rings. The maximum absolute atomic E-state index is 12.5. The predicted molar refractivity (Wildman–Crippen MR) is 93.0 cm³/mol. The molecule has 0 saturated carbocycles. The van der Waals surface area contributed by atoms with E-state index >= 15 is 0 Å². The Morgan fingerprint density at radius 2 is 1.83 bits per heavy atom. The number of carbonyl (C=O) groups is 1. The number of amides is 1. The van der Waals surface area contributed by atoms with Gasteiger partial charge in [0.2, 0.25) is 0 Å². The van der Waals surface area contributed by atoms with Crippen molar-refractivity contribution in [1.82, 2.24) is 5.32 Å². The van der Waals surface area contributed by atoms with Crippen LogP contribution in [0.2, 0.25) is 10.0 Å². The molecule has 0 heterocycles. The number of aliphatic hydroxyl groups is 1. The number of nitrogens with one attached hydrogen (secondary N) is 1. The van der Waals surface area contributed by atoms with Crippen LogP contribution in [0, 0.1) is 51.0 Å². The molecule has 24 heavy (non-hydrogen) atoms. The van der Waals surface area contributed by atoms with Crippen LogP contribution >= 0.6 is 23.2 Å². The van der Waals surface area contributed by atoms with Gasteiger partial charge in [-0.25, -0.2) is 0 Å². The van der Waals surface area contributed by atoms with Crippen LogP contribution in [0.1, 0.15) is 33.5 Å². The van der Waals surface area contributed by atoms with E-state index < -0.39 is 0 Å². The van der Waals surface area contributed by atoms with Crippen molar-refractivity contribution in [3.05, 3.63) is 74.5 Å². The Kier molecular flexibility index (Phi) is 6.79. The molecule has 1 amide bonds. The standard InChI is InChI=1S/C18H15Cl2NO2.Ac/c1-10-2-3-11-5-7-16(22)17(13(11)8-10)21-18(23)12-4-6-14(19)15(20)9-12;/h2-4,6,8-9,22H,5,7H2,1H3,(H,21,23);. The number of hydrogen-bond donors (Lipinski definition) is 2. The van der Waals surface area contributed by atoms with Crippen LogP contribution in [0.3, 0.4) is 0 Å². The van der Waals surface area contributed by atoms with Gasteiger partial charge in [0.15, 0.2) is 0 Å². The number of aliphatic hydroxyl groups excluding tert-OH is 1. The summed E-state index contributed by atoms with van der Waals surface area (Å²) in [6.07, 6.45) is 1.26. The Bertz CT molecular complexity index is 834. The second-order valence-corrected chi connectivity index (χ2v) is 6.38. The Morgan fingerprint density at radius 1 is 1.08 bits per heavy atom. The number of fused-ring (bicyclic) bond motifs is 1. The van der Waals surface area contributed by atoms with Gasteiger partial charge in [-0.2, -0.15) is 0 Å². The van der Waals surface area contributed by atoms with Crippen LogP contribution in [0.5, 0.6) is 0 Å². The fourth-order valence-corrected chi connectivity index (χ4v) is 2.94. The van der Waals surface area contributed by atoms with E-state index in [1.165, 1.54) is 6.07 Å². The molecule has 1 aliphatic carbocycles. The Morgan fingerprint density at radius 3 is 2.54 bits per heavy atom. The molecule has 0 saturated heterocycles. The summed E-state index contributed by atoms with van der Waals surface area (Å²) in [6.45, 7) is 1.98. The molecule has 3 nitrogen and oxygen atoms in total. The average Bonchev–Trinajstić information content (AvgIpc) is 2.52. The molecule has 3 rings (SSSR count). The summed E-state index contributed by atoms with van der Waals surface area (Å²) in [7, 11) is 0. The van der Waals surface area contributed by atoms with Crippen molar-refractivity contribution in [3.63, 3.8) is 0 Å². The van der Waals surface area contributed by atoms with E-state index in [4.69, 9.17) is 23.2 Å². The molecule has 1 aliphatic rings. The Labute approximate surface area is 186 Å². The second-order valence-electron chi connectivity index (χ2n) is 5.57. The molecule has 0 aromatic heterocycles. The molecule has 121 valence electrons. The van der Waals surface area contributed by atoms with E-state index in [9.17, 15) is 9.90 Å². The minimum atomic E-state index is -0.334. The Hall–Kier alpha value is -0.528. The monoisotopic (exact) mass is 574 g/mol. The van der Waals surface area contributed by atoms with E-state index in [0.29, 0.717) is 27.7 Å². The van der Waals surface area contributed by atoms with Gasteiger partial charge in [-0.3, -0.25) is 4.79 Å². The smallest absolute Gasteiger partial charge is 0.255 e. The maximum atomic E-state index is 12.5. The molecule has 0 aliphatic heterocycles. The van der Waals surface area contributed by atoms with Gasteiger partial charge in [-0.1, -0.05) is 40.9 Å². The van der Waals surface area contributed by atoms with Gasteiger partial charge >= 0.3 is 0 Å². The molecule has 0 atom stereocenters. The van der Waals surface area contributed by atoms with E-state index in [0.717, 1.165) is 23.1 Å². The number of allylic oxidation sites excluding steroid dienone is 1. The third-order valence-electron chi connectivity index (χ3n) is 3.87. The number of carbonyl (C=O) groups excluding carboxylic acids is 1. The van der Waals surface area contributed by atoms with Crippen molar-refractivity contribution in [1.29, 1.82) is 0 Å². The zero-order chi connectivity index (χ0) is 16.6. The molecular weight excluding hydrogens is 560 g/mol. The summed E-state index contributed by atoms with van der Waals surface area (Å²) in [5.74, 6) is -0.143. The average molecular weight is 575 g/mol. The summed E-state index contributed by atoms with van der Waals surface area (Å²) in [5, 5.41) is 13.7. The molecule has 0 fully saturated rings. The van der Waals surface area contributed by atoms with Gasteiger partial charge in [0.05, 0.1) is 15.7 Å². The molecule has 2 N–H and O–H groups in total. The van der Waals surface area contributed by atoms with E-state index in [1.807, 2.05) is 25.1 Å². The van der Waals surface area contributed by atoms with Crippen molar-refractivity contribution >= 4 is 34.8 Å². The van der Waals surface area contributed by atoms with Gasteiger partial charge in [0.25, 0.3) is 5.91 Å². The molecule has 0 unspecified atom stereocenters. The molecular formula is C18H15AcCl2NO2.